The first-order chi connectivity index (χ1) is 35.8. The third kappa shape index (κ3) is 58.6. The van der Waals surface area contributed by atoms with Crippen LogP contribution >= 0.6 is 7.82 Å². The number of hydrogen-bond donors (Lipinski definition) is 2. The molecule has 0 saturated heterocycles. The van der Waals surface area contributed by atoms with Gasteiger partial charge in [-0.2, -0.15) is 0 Å². The van der Waals surface area contributed by atoms with Crippen molar-refractivity contribution in [3.05, 3.63) is 72.9 Å². The lowest BCUT2D eigenvalue weighted by atomic mass is 10.0. The monoisotopic (exact) mass is 1040 g/mol. The minimum atomic E-state index is -4.39. The molecule has 0 aromatic carbocycles. The number of carbonyl (C=O) groups is 2. The Morgan fingerprint density at radius 2 is 0.753 bits per heavy atom. The highest BCUT2D eigenvalue weighted by Crippen LogP contribution is 2.43. The van der Waals surface area contributed by atoms with Crippen molar-refractivity contribution in [2.24, 2.45) is 5.73 Å². The highest BCUT2D eigenvalue weighted by Gasteiger charge is 2.26. The molecule has 9 nitrogen and oxygen atoms in total. The van der Waals surface area contributed by atoms with E-state index in [-0.39, 0.29) is 38.6 Å². The summed E-state index contributed by atoms with van der Waals surface area (Å²) in [6.07, 6.45) is 75.3. The van der Waals surface area contributed by atoms with Gasteiger partial charge in [0.2, 0.25) is 0 Å². The highest BCUT2D eigenvalue weighted by atomic mass is 31.2. The molecule has 0 heterocycles. The number of phosphoric ester groups is 1. The molecule has 10 heteroatoms. The number of esters is 2. The molecular weight excluding hydrogens is 930 g/mol. The van der Waals surface area contributed by atoms with E-state index in [1.807, 2.05) is 0 Å². The molecule has 0 fully saturated rings. The normalized spacial score (nSPS) is 13.5. The zero-order valence-corrected chi connectivity index (χ0v) is 48.3. The van der Waals surface area contributed by atoms with E-state index in [2.05, 4.69) is 86.8 Å². The van der Waals surface area contributed by atoms with Crippen molar-refractivity contribution < 1.29 is 37.6 Å². The molecule has 0 aliphatic heterocycles. The van der Waals surface area contributed by atoms with E-state index < -0.39 is 26.5 Å². The molecule has 0 aromatic heterocycles. The summed E-state index contributed by atoms with van der Waals surface area (Å²) in [5.74, 6) is -0.822. The fourth-order valence-corrected chi connectivity index (χ4v) is 9.37. The maximum absolute atomic E-state index is 12.7. The average molecular weight is 1040 g/mol. The largest absolute Gasteiger partial charge is 0.472 e. The van der Waals surface area contributed by atoms with E-state index >= 15 is 0 Å². The second-order valence-corrected chi connectivity index (χ2v) is 21.6. The summed E-state index contributed by atoms with van der Waals surface area (Å²) in [5, 5.41) is 0. The van der Waals surface area contributed by atoms with Gasteiger partial charge in [-0.25, -0.2) is 4.57 Å². The molecule has 0 aliphatic carbocycles. The molecule has 0 radical (unpaired) electrons. The molecule has 2 unspecified atom stereocenters. The van der Waals surface area contributed by atoms with Crippen LogP contribution in [-0.4, -0.2) is 49.3 Å². The van der Waals surface area contributed by atoms with Gasteiger partial charge < -0.3 is 20.1 Å². The first kappa shape index (κ1) is 70.5. The van der Waals surface area contributed by atoms with Crippen molar-refractivity contribution in [3.63, 3.8) is 0 Å². The summed E-state index contributed by atoms with van der Waals surface area (Å²) < 4.78 is 33.1. The van der Waals surface area contributed by atoms with Crippen LogP contribution in [0, 0.1) is 0 Å². The number of phosphoric acid groups is 1. The molecule has 0 aromatic rings. The van der Waals surface area contributed by atoms with Crippen LogP contribution in [0.3, 0.4) is 0 Å². The summed E-state index contributed by atoms with van der Waals surface area (Å²) >= 11 is 0. The minimum Gasteiger partial charge on any atom is -0.462 e. The van der Waals surface area contributed by atoms with Crippen LogP contribution in [0.5, 0.6) is 0 Å². The van der Waals surface area contributed by atoms with E-state index in [1.54, 1.807) is 0 Å². The summed E-state index contributed by atoms with van der Waals surface area (Å²) in [6, 6.07) is 0. The molecular formula is C63H114NO8P. The molecule has 0 spiro atoms. The van der Waals surface area contributed by atoms with Crippen LogP contribution < -0.4 is 5.73 Å². The van der Waals surface area contributed by atoms with Crippen molar-refractivity contribution in [1.82, 2.24) is 0 Å². The fraction of sp³-hybridized carbons (Fsp3) is 0.778. The van der Waals surface area contributed by atoms with Crippen LogP contribution in [0.15, 0.2) is 72.9 Å². The number of allylic oxidation sites excluding steroid dienone is 12. The molecule has 3 N–H and O–H groups in total. The van der Waals surface area contributed by atoms with Crippen molar-refractivity contribution in [1.29, 1.82) is 0 Å². The molecule has 0 saturated carbocycles. The van der Waals surface area contributed by atoms with Gasteiger partial charge in [-0.3, -0.25) is 18.6 Å². The number of hydrogen-bond acceptors (Lipinski definition) is 8. The summed E-state index contributed by atoms with van der Waals surface area (Å²) in [7, 11) is -4.39. The standard InChI is InChI=1S/C63H114NO8P/c1-3-5-7-9-11-13-15-17-19-21-23-25-27-28-29-30-31-32-34-36-38-40-42-44-46-48-50-52-54-56-63(66)72-61(60-71-73(67,68)70-58-57-64)59-69-62(65)55-53-51-49-47-45-43-41-39-37-35-33-26-24-22-20-18-16-14-12-10-8-6-4-2/h5,7,11,13,17,19,22-25,28-29,61H,3-4,6,8-10,12,14-16,18,20-21,26-27,30-60,64H2,1-2H3,(H,67,68)/b7-5-,13-11-,19-17-,24-22-,25-23-,29-28-. The van der Waals surface area contributed by atoms with Crippen molar-refractivity contribution >= 4 is 19.8 Å². The summed E-state index contributed by atoms with van der Waals surface area (Å²) in [4.78, 5) is 35.2. The Hall–Kier alpha value is -2.55. The second-order valence-electron chi connectivity index (χ2n) is 20.2. The predicted molar refractivity (Wildman–Crippen MR) is 312 cm³/mol. The van der Waals surface area contributed by atoms with Crippen LogP contribution in [0.2, 0.25) is 0 Å². The number of ether oxygens (including phenoxy) is 2. The summed E-state index contributed by atoms with van der Waals surface area (Å²) in [5.41, 5.74) is 5.39. The van der Waals surface area contributed by atoms with Crippen LogP contribution in [0.25, 0.3) is 0 Å². The number of unbranched alkanes of at least 4 members (excludes halogenated alkanes) is 32. The maximum Gasteiger partial charge on any atom is 0.472 e. The van der Waals surface area contributed by atoms with Gasteiger partial charge in [-0.1, -0.05) is 260 Å². The molecule has 0 bridgehead atoms. The van der Waals surface area contributed by atoms with E-state index in [0.717, 1.165) is 70.6 Å². The van der Waals surface area contributed by atoms with Crippen molar-refractivity contribution in [2.75, 3.05) is 26.4 Å². The van der Waals surface area contributed by atoms with Gasteiger partial charge in [0.1, 0.15) is 6.61 Å². The smallest absolute Gasteiger partial charge is 0.462 e. The van der Waals surface area contributed by atoms with Gasteiger partial charge in [-0.15, -0.1) is 0 Å². The van der Waals surface area contributed by atoms with Crippen LogP contribution in [0.4, 0.5) is 0 Å². The third-order valence-corrected chi connectivity index (χ3v) is 14.1. The minimum absolute atomic E-state index is 0.0517. The number of nitrogens with two attached hydrogens (primary N) is 1. The third-order valence-electron chi connectivity index (χ3n) is 13.1. The quantitative estimate of drug-likeness (QED) is 0.0264. The van der Waals surface area contributed by atoms with Crippen molar-refractivity contribution in [3.8, 4) is 0 Å². The first-order valence-corrected chi connectivity index (χ1v) is 31.9. The molecule has 0 rings (SSSR count). The predicted octanol–water partition coefficient (Wildman–Crippen LogP) is 19.3. The fourth-order valence-electron chi connectivity index (χ4n) is 8.60. The lowest BCUT2D eigenvalue weighted by molar-refractivity contribution is -0.161. The first-order valence-electron chi connectivity index (χ1n) is 30.4. The van der Waals surface area contributed by atoms with Gasteiger partial charge in [-0.05, 0) is 83.5 Å². The van der Waals surface area contributed by atoms with Gasteiger partial charge in [0.15, 0.2) is 6.10 Å². The average Bonchev–Trinajstić information content (AvgIpc) is 3.38. The Morgan fingerprint density at radius 3 is 1.14 bits per heavy atom. The summed E-state index contributed by atoms with van der Waals surface area (Å²) in [6.45, 7) is 3.66. The zero-order valence-electron chi connectivity index (χ0n) is 47.4. The van der Waals surface area contributed by atoms with Crippen LogP contribution in [0.1, 0.15) is 284 Å². The zero-order chi connectivity index (χ0) is 53.1. The molecule has 0 amide bonds. The van der Waals surface area contributed by atoms with Gasteiger partial charge in [0, 0.05) is 19.4 Å². The highest BCUT2D eigenvalue weighted by molar-refractivity contribution is 7.47. The molecule has 2 atom stereocenters. The van der Waals surface area contributed by atoms with Crippen LogP contribution in [-0.2, 0) is 32.7 Å². The lowest BCUT2D eigenvalue weighted by Gasteiger charge is -2.19. The maximum atomic E-state index is 12.7. The Morgan fingerprint density at radius 1 is 0.425 bits per heavy atom. The number of rotatable bonds is 57. The number of carbonyl (C=O) groups excluding carboxylic acids is 2. The van der Waals surface area contributed by atoms with E-state index in [4.69, 9.17) is 24.3 Å². The van der Waals surface area contributed by atoms with E-state index in [0.29, 0.717) is 6.42 Å². The van der Waals surface area contributed by atoms with Gasteiger partial charge in [0.25, 0.3) is 0 Å². The van der Waals surface area contributed by atoms with Gasteiger partial charge >= 0.3 is 19.8 Å². The Balaban J connectivity index is 3.95. The molecule has 0 aliphatic rings. The van der Waals surface area contributed by atoms with E-state index in [9.17, 15) is 19.0 Å². The van der Waals surface area contributed by atoms with Gasteiger partial charge in [0.05, 0.1) is 13.2 Å². The Kier molecular flexibility index (Phi) is 56.7. The lowest BCUT2D eigenvalue weighted by Crippen LogP contribution is -2.29. The van der Waals surface area contributed by atoms with Crippen molar-refractivity contribution in [2.45, 2.75) is 290 Å². The molecule has 424 valence electrons. The molecule has 73 heavy (non-hydrogen) atoms. The topological polar surface area (TPSA) is 134 Å². The Bertz CT molecular complexity index is 1420. The second kappa shape index (κ2) is 58.7. The Labute approximate surface area is 450 Å². The SMILES string of the molecule is CC/C=C\C/C=C\C/C=C\C/C=C\C/C=C\CCCCCCCCCCCCCCCC(=O)OC(COC(=O)CCCCCCCCCCCCC/C=C\CCCCCCCCCC)COP(=O)(O)OCCN. The van der Waals surface area contributed by atoms with E-state index in [1.165, 1.54) is 180 Å².